The molecule has 0 saturated heterocycles. The number of nitrogens with zero attached hydrogens (tertiary/aromatic N) is 2. The summed E-state index contributed by atoms with van der Waals surface area (Å²) in [5, 5.41) is 15.1. The first kappa shape index (κ1) is 13.3. The summed E-state index contributed by atoms with van der Waals surface area (Å²) in [4.78, 5) is 16.0. The van der Waals surface area contributed by atoms with Gasteiger partial charge in [0.1, 0.15) is 11.8 Å². The van der Waals surface area contributed by atoms with Gasteiger partial charge in [-0.05, 0) is 25.3 Å². The van der Waals surface area contributed by atoms with Crippen molar-refractivity contribution in [2.45, 2.75) is 26.3 Å². The lowest BCUT2D eigenvalue weighted by molar-refractivity contribution is -0.120. The quantitative estimate of drug-likeness (QED) is 0.928. The molecule has 2 heterocycles. The first-order chi connectivity index (χ1) is 9.10. The Hall–Kier alpha value is -2.13. The molecule has 0 spiro atoms. The van der Waals surface area contributed by atoms with Crippen LogP contribution >= 0.6 is 11.3 Å². The number of aryl methyl sites for hydroxylation is 1. The second-order valence-corrected chi connectivity index (χ2v) is 4.91. The third-order valence-corrected chi connectivity index (χ3v) is 3.24. The molecule has 1 N–H and O–H groups in total. The van der Waals surface area contributed by atoms with E-state index in [4.69, 9.17) is 9.68 Å². The number of carbonyl (C=O) groups excluding carboxylic acids is 1. The van der Waals surface area contributed by atoms with Crippen molar-refractivity contribution in [3.63, 3.8) is 0 Å². The fourth-order valence-corrected chi connectivity index (χ4v) is 2.21. The zero-order valence-electron chi connectivity index (χ0n) is 10.6. The molecule has 19 heavy (non-hydrogen) atoms. The predicted octanol–water partition coefficient (Wildman–Crippen LogP) is 2.28. The van der Waals surface area contributed by atoms with Gasteiger partial charge < -0.3 is 9.73 Å². The van der Waals surface area contributed by atoms with Crippen molar-refractivity contribution in [1.82, 2.24) is 10.3 Å². The maximum atomic E-state index is 11.7. The zero-order valence-corrected chi connectivity index (χ0v) is 11.5. The van der Waals surface area contributed by atoms with Crippen molar-refractivity contribution >= 4 is 17.2 Å². The third kappa shape index (κ3) is 3.20. The molecule has 1 amide bonds. The monoisotopic (exact) mass is 275 g/mol. The first-order valence-corrected chi connectivity index (χ1v) is 6.72. The largest absolute Gasteiger partial charge is 0.441 e. The molecule has 2 aromatic rings. The summed E-state index contributed by atoms with van der Waals surface area (Å²) >= 11 is 1.56. The molecule has 0 bridgehead atoms. The van der Waals surface area contributed by atoms with Gasteiger partial charge in [0, 0.05) is 10.9 Å². The normalized spacial score (nSPS) is 11.8. The number of carbonyl (C=O) groups is 1. The number of nitriles is 1. The van der Waals surface area contributed by atoms with Crippen LogP contribution in [-0.2, 0) is 11.2 Å². The summed E-state index contributed by atoms with van der Waals surface area (Å²) in [6, 6.07) is 3.36. The fraction of sp³-hybridized carbons (Fsp3) is 0.308. The van der Waals surface area contributed by atoms with E-state index in [1.54, 1.807) is 25.2 Å². The van der Waals surface area contributed by atoms with Gasteiger partial charge in [0.15, 0.2) is 0 Å². The molecule has 0 fully saturated rings. The van der Waals surface area contributed by atoms with Gasteiger partial charge in [-0.1, -0.05) is 0 Å². The molecule has 5 nitrogen and oxygen atoms in total. The van der Waals surface area contributed by atoms with Crippen LogP contribution in [0.15, 0.2) is 21.2 Å². The lowest BCUT2D eigenvalue weighted by atomic mass is 10.2. The number of thiophene rings is 1. The molecule has 6 heteroatoms. The Morgan fingerprint density at radius 1 is 1.68 bits per heavy atom. The average molecular weight is 275 g/mol. The fourth-order valence-electron chi connectivity index (χ4n) is 1.58. The van der Waals surface area contributed by atoms with Gasteiger partial charge in [-0.15, -0.1) is 0 Å². The lowest BCUT2D eigenvalue weighted by Gasteiger charge is -2.04. The second kappa shape index (κ2) is 5.67. The number of hydrogen-bond donors (Lipinski definition) is 1. The lowest BCUT2D eigenvalue weighted by Crippen LogP contribution is -2.32. The third-order valence-electron chi connectivity index (χ3n) is 2.56. The van der Waals surface area contributed by atoms with Gasteiger partial charge in [-0.2, -0.15) is 16.6 Å². The molecule has 2 rings (SSSR count). The van der Waals surface area contributed by atoms with E-state index in [0.29, 0.717) is 17.3 Å². The van der Waals surface area contributed by atoms with Crippen LogP contribution in [0.4, 0.5) is 0 Å². The smallest absolute Gasteiger partial charge is 0.227 e. The minimum absolute atomic E-state index is 0.117. The van der Waals surface area contributed by atoms with Gasteiger partial charge >= 0.3 is 0 Å². The number of oxazole rings is 1. The van der Waals surface area contributed by atoms with Crippen LogP contribution in [0.1, 0.15) is 18.4 Å². The highest BCUT2D eigenvalue weighted by Gasteiger charge is 2.15. The highest BCUT2D eigenvalue weighted by atomic mass is 32.1. The van der Waals surface area contributed by atoms with Crippen molar-refractivity contribution in [1.29, 1.82) is 5.26 Å². The van der Waals surface area contributed by atoms with Crippen molar-refractivity contribution in [3.8, 4) is 17.5 Å². The summed E-state index contributed by atoms with van der Waals surface area (Å²) in [6.45, 7) is 3.41. The van der Waals surface area contributed by atoms with Gasteiger partial charge in [0.2, 0.25) is 11.8 Å². The van der Waals surface area contributed by atoms with E-state index in [1.807, 2.05) is 22.9 Å². The SMILES string of the molecule is Cc1oc(-c2ccsc2)nc1CC(=O)NC(C)C#N. The highest BCUT2D eigenvalue weighted by molar-refractivity contribution is 7.08. The molecule has 0 saturated carbocycles. The molecule has 0 radical (unpaired) electrons. The molecule has 0 aliphatic heterocycles. The van der Waals surface area contributed by atoms with Crippen LogP contribution in [0.5, 0.6) is 0 Å². The van der Waals surface area contributed by atoms with Crippen molar-refractivity contribution in [3.05, 3.63) is 28.3 Å². The van der Waals surface area contributed by atoms with Crippen LogP contribution in [-0.4, -0.2) is 16.9 Å². The standard InChI is InChI=1S/C13H13N3O2S/c1-8(6-14)15-12(17)5-11-9(2)18-13(16-11)10-3-4-19-7-10/h3-4,7-8H,5H2,1-2H3,(H,15,17). The van der Waals surface area contributed by atoms with E-state index in [1.165, 1.54) is 0 Å². The Morgan fingerprint density at radius 2 is 2.47 bits per heavy atom. The van der Waals surface area contributed by atoms with Gasteiger partial charge in [0.25, 0.3) is 0 Å². The highest BCUT2D eigenvalue weighted by Crippen LogP contribution is 2.23. The molecule has 2 aromatic heterocycles. The minimum atomic E-state index is -0.504. The zero-order chi connectivity index (χ0) is 13.8. The molecule has 98 valence electrons. The van der Waals surface area contributed by atoms with Crippen LogP contribution in [0.3, 0.4) is 0 Å². The van der Waals surface area contributed by atoms with Crippen molar-refractivity contribution in [2.75, 3.05) is 0 Å². The number of hydrogen-bond acceptors (Lipinski definition) is 5. The Morgan fingerprint density at radius 3 is 3.11 bits per heavy atom. The van der Waals surface area contributed by atoms with E-state index in [2.05, 4.69) is 10.3 Å². The Labute approximate surface area is 114 Å². The Kier molecular flexibility index (Phi) is 3.97. The average Bonchev–Trinajstić information content (AvgIpc) is 2.99. The molecule has 0 aliphatic carbocycles. The number of amides is 1. The number of nitrogens with one attached hydrogen (secondary N) is 1. The predicted molar refractivity (Wildman–Crippen MR) is 71.5 cm³/mol. The van der Waals surface area contributed by atoms with E-state index < -0.39 is 6.04 Å². The molecule has 0 aromatic carbocycles. The summed E-state index contributed by atoms with van der Waals surface area (Å²) in [6.07, 6.45) is 0.117. The molecular formula is C13H13N3O2S. The topological polar surface area (TPSA) is 78.9 Å². The number of aromatic nitrogens is 1. The maximum absolute atomic E-state index is 11.7. The van der Waals surface area contributed by atoms with Crippen LogP contribution in [0, 0.1) is 18.3 Å². The minimum Gasteiger partial charge on any atom is -0.441 e. The first-order valence-electron chi connectivity index (χ1n) is 5.78. The summed E-state index contributed by atoms with van der Waals surface area (Å²) < 4.78 is 5.54. The van der Waals surface area contributed by atoms with Crippen LogP contribution < -0.4 is 5.32 Å². The summed E-state index contributed by atoms with van der Waals surface area (Å²) in [5.74, 6) is 0.915. The maximum Gasteiger partial charge on any atom is 0.227 e. The van der Waals surface area contributed by atoms with Gasteiger partial charge in [-0.3, -0.25) is 4.79 Å². The van der Waals surface area contributed by atoms with E-state index in [0.717, 1.165) is 5.56 Å². The second-order valence-electron chi connectivity index (χ2n) is 4.13. The molecule has 0 aliphatic rings. The molecular weight excluding hydrogens is 262 g/mol. The molecule has 1 unspecified atom stereocenters. The Balaban J connectivity index is 2.10. The summed E-state index contributed by atoms with van der Waals surface area (Å²) in [7, 11) is 0. The van der Waals surface area contributed by atoms with Gasteiger partial charge in [0.05, 0.1) is 18.2 Å². The number of rotatable bonds is 4. The Bertz CT molecular complexity index is 610. The van der Waals surface area contributed by atoms with E-state index >= 15 is 0 Å². The van der Waals surface area contributed by atoms with Crippen molar-refractivity contribution in [2.24, 2.45) is 0 Å². The van der Waals surface area contributed by atoms with Crippen LogP contribution in [0.25, 0.3) is 11.5 Å². The molecule has 1 atom stereocenters. The van der Waals surface area contributed by atoms with Gasteiger partial charge in [-0.25, -0.2) is 4.98 Å². The van der Waals surface area contributed by atoms with Crippen molar-refractivity contribution < 1.29 is 9.21 Å². The summed E-state index contributed by atoms with van der Waals surface area (Å²) in [5.41, 5.74) is 1.51. The van der Waals surface area contributed by atoms with E-state index in [-0.39, 0.29) is 12.3 Å². The van der Waals surface area contributed by atoms with Crippen LogP contribution in [0.2, 0.25) is 0 Å². The van der Waals surface area contributed by atoms with E-state index in [9.17, 15) is 4.79 Å².